The van der Waals surface area contributed by atoms with Crippen LogP contribution >= 0.6 is 0 Å². The highest BCUT2D eigenvalue weighted by atomic mass is 16.7. The molecule has 0 bridgehead atoms. The summed E-state index contributed by atoms with van der Waals surface area (Å²) in [5.74, 6) is -3.84. The smallest absolute Gasteiger partial charge is 0.335 e. The summed E-state index contributed by atoms with van der Waals surface area (Å²) in [6.45, 7) is 8.44. The van der Waals surface area contributed by atoms with Gasteiger partial charge in [0.15, 0.2) is 25.0 Å². The van der Waals surface area contributed by atoms with E-state index in [0.29, 0.717) is 44.6 Å². The maximum absolute atomic E-state index is 13.6. The molecule has 6 rings (SSSR count). The topological polar surface area (TPSA) is 400 Å². The number of ether oxygens (including phenoxy) is 10. The zero-order valence-corrected chi connectivity index (χ0v) is 44.1. The van der Waals surface area contributed by atoms with Crippen LogP contribution in [-0.4, -0.2) is 256 Å². The molecule has 6 unspecified atom stereocenters. The van der Waals surface area contributed by atoms with Crippen molar-refractivity contribution in [3.8, 4) is 0 Å². The Morgan fingerprint density at radius 3 is 2.12 bits per heavy atom. The molecule has 6 heterocycles. The standard InChI is InChI=1S/C48H80N8O21/c1-5-30-34-35(31(6-2)75-30)44(65)56(43(34)64)13-19-69-17-11-54(33(59)9-8-32(58)51-10-16-68-14-7-15-71-46-28(49)22-29(57)25(3)73-46)23-27-24-55(53-52-27)12-18-70-20-21-72-48-40(63)39(62)41(42(77-48)45(66)67)76-47-36(50)38(61)37(60)26(4)74-47/h24-26,28-31,34-42,46-48,57,60-63H,5-23,49-50H2,1-4H3,(H,51,58)(H,66,67)/t25?,26?,28?,29-,30-,31+,34+,35-,36?,37+,38+,39+,40?,41-,42?,46-,47+,48+/m0/s1. The third-order valence-corrected chi connectivity index (χ3v) is 14.2. The normalized spacial score (nSPS) is 34.4. The van der Waals surface area contributed by atoms with Crippen molar-refractivity contribution in [1.29, 1.82) is 0 Å². The van der Waals surface area contributed by atoms with E-state index in [1.165, 1.54) is 21.4 Å². The van der Waals surface area contributed by atoms with Gasteiger partial charge in [-0.15, -0.1) is 5.10 Å². The highest BCUT2D eigenvalue weighted by Gasteiger charge is 2.58. The van der Waals surface area contributed by atoms with Crippen molar-refractivity contribution in [3.63, 3.8) is 0 Å². The van der Waals surface area contributed by atoms with Crippen molar-refractivity contribution in [3.05, 3.63) is 11.9 Å². The van der Waals surface area contributed by atoms with Gasteiger partial charge in [0.05, 0.1) is 127 Å². The molecule has 1 aromatic heterocycles. The Bertz CT molecular complexity index is 2020. The van der Waals surface area contributed by atoms with E-state index in [1.54, 1.807) is 13.1 Å². The van der Waals surface area contributed by atoms with Gasteiger partial charge in [0.25, 0.3) is 0 Å². The van der Waals surface area contributed by atoms with Crippen molar-refractivity contribution in [2.24, 2.45) is 23.3 Å². The Balaban J connectivity index is 0.923. The summed E-state index contributed by atoms with van der Waals surface area (Å²) < 4.78 is 57.9. The van der Waals surface area contributed by atoms with E-state index >= 15 is 0 Å². The van der Waals surface area contributed by atoms with E-state index in [-0.39, 0.29) is 127 Å². The van der Waals surface area contributed by atoms with Crippen LogP contribution in [0.15, 0.2) is 6.20 Å². The quantitative estimate of drug-likeness (QED) is 0.0251. The molecule has 5 saturated heterocycles. The van der Waals surface area contributed by atoms with Gasteiger partial charge >= 0.3 is 5.97 Å². The number of nitrogens with zero attached hydrogens (tertiary/aromatic N) is 5. The molecule has 18 atom stereocenters. The molecule has 0 radical (unpaired) electrons. The number of nitrogens with one attached hydrogen (secondary N) is 1. The average Bonchev–Trinajstić information content (AvgIpc) is 4.09. The molecule has 0 aliphatic carbocycles. The molecular weight excluding hydrogens is 1020 g/mol. The lowest BCUT2D eigenvalue weighted by molar-refractivity contribution is -0.337. The van der Waals surface area contributed by atoms with Crippen molar-refractivity contribution in [1.82, 2.24) is 30.1 Å². The van der Waals surface area contributed by atoms with Gasteiger partial charge in [0.1, 0.15) is 36.2 Å². The van der Waals surface area contributed by atoms with E-state index in [1.807, 2.05) is 13.8 Å². The van der Waals surface area contributed by atoms with Crippen LogP contribution in [0.3, 0.4) is 0 Å². The van der Waals surface area contributed by atoms with Crippen LogP contribution in [0.5, 0.6) is 0 Å². The van der Waals surface area contributed by atoms with Gasteiger partial charge in [0.2, 0.25) is 23.6 Å². The van der Waals surface area contributed by atoms with E-state index < -0.39 is 97.6 Å². The number of carbonyl (C=O) groups is 5. The number of hydrogen-bond acceptors (Lipinski definition) is 24. The number of aliphatic hydroxyl groups excluding tert-OH is 5. The molecule has 438 valence electrons. The number of imide groups is 1. The number of hydrogen-bond donors (Lipinski definition) is 9. The zero-order chi connectivity index (χ0) is 55.9. The Morgan fingerprint density at radius 2 is 1.42 bits per heavy atom. The molecule has 29 nitrogen and oxygen atoms in total. The van der Waals surface area contributed by atoms with Gasteiger partial charge < -0.3 is 99.7 Å². The SMILES string of the molecule is CC[C@@H]1O[C@H](CC)[C@@H]2C(=O)N(CCOCCN(Cc3cn(CCOCCO[C@@H]4OC(C(=O)O)[C@@H](O[C@H]5OC(C)[C@@H](O)[C@H](O)C5N)[C@H](O)C4O)nn3)C(=O)CCC(=O)NCCOCCCO[C@H]3OC(C)[C@@H](O)CC3N)C(=O)[C@@H]21. The summed E-state index contributed by atoms with van der Waals surface area (Å²) >= 11 is 0. The zero-order valence-electron chi connectivity index (χ0n) is 44.1. The maximum Gasteiger partial charge on any atom is 0.335 e. The number of fused-ring (bicyclic) bond motifs is 1. The Hall–Kier alpha value is -3.99. The first-order chi connectivity index (χ1) is 36.8. The molecule has 77 heavy (non-hydrogen) atoms. The van der Waals surface area contributed by atoms with Crippen molar-refractivity contribution in [2.45, 2.75) is 177 Å². The lowest BCUT2D eigenvalue weighted by Crippen LogP contribution is -2.66. The highest BCUT2D eigenvalue weighted by Crippen LogP contribution is 2.42. The molecular formula is C48H80N8O21. The molecule has 5 aliphatic heterocycles. The summed E-state index contributed by atoms with van der Waals surface area (Å²) in [5.41, 5.74) is 12.4. The summed E-state index contributed by atoms with van der Waals surface area (Å²) in [4.78, 5) is 67.9. The Kier molecular flexibility index (Phi) is 24.2. The van der Waals surface area contributed by atoms with Crippen LogP contribution in [-0.2, 0) is 84.4 Å². The maximum atomic E-state index is 13.6. The molecule has 0 spiro atoms. The molecule has 5 aliphatic rings. The second kappa shape index (κ2) is 30.0. The largest absolute Gasteiger partial charge is 0.479 e. The minimum absolute atomic E-state index is 0.00259. The van der Waals surface area contributed by atoms with Gasteiger partial charge in [-0.25, -0.2) is 9.48 Å². The summed E-state index contributed by atoms with van der Waals surface area (Å²) in [5, 5.41) is 72.7. The first kappa shape index (κ1) is 62.2. The van der Waals surface area contributed by atoms with Crippen molar-refractivity contribution in [2.75, 3.05) is 72.5 Å². The summed E-state index contributed by atoms with van der Waals surface area (Å²) in [6.07, 6.45) is -12.7. The van der Waals surface area contributed by atoms with Crippen LogP contribution < -0.4 is 16.8 Å². The second-order valence-electron chi connectivity index (χ2n) is 19.8. The molecule has 0 saturated carbocycles. The van der Waals surface area contributed by atoms with E-state index in [9.17, 15) is 54.6 Å². The summed E-state index contributed by atoms with van der Waals surface area (Å²) in [7, 11) is 0. The lowest BCUT2D eigenvalue weighted by atomic mass is 9.88. The van der Waals surface area contributed by atoms with Crippen LogP contribution in [0.4, 0.5) is 0 Å². The number of amides is 4. The number of likely N-dealkylation sites (tertiary alicyclic amines) is 1. The third-order valence-electron chi connectivity index (χ3n) is 14.2. The van der Waals surface area contributed by atoms with Gasteiger partial charge in [-0.05, 0) is 39.5 Å². The van der Waals surface area contributed by atoms with Gasteiger partial charge in [0, 0.05) is 32.5 Å². The first-order valence-electron chi connectivity index (χ1n) is 26.5. The first-order valence-corrected chi connectivity index (χ1v) is 26.5. The van der Waals surface area contributed by atoms with Crippen LogP contribution in [0.2, 0.25) is 0 Å². The number of carbonyl (C=O) groups excluding carboxylic acids is 4. The predicted molar refractivity (Wildman–Crippen MR) is 260 cm³/mol. The van der Waals surface area contributed by atoms with Crippen molar-refractivity contribution < 1.29 is 102 Å². The number of aromatic nitrogens is 3. The number of carboxylic acids is 1. The van der Waals surface area contributed by atoms with Crippen molar-refractivity contribution >= 4 is 29.6 Å². The minimum Gasteiger partial charge on any atom is -0.479 e. The predicted octanol–water partition coefficient (Wildman–Crippen LogP) is -4.30. The van der Waals surface area contributed by atoms with E-state index in [4.69, 9.17) is 58.8 Å². The lowest BCUT2D eigenvalue weighted by Gasteiger charge is -2.45. The van der Waals surface area contributed by atoms with Gasteiger partial charge in [-0.3, -0.25) is 24.1 Å². The van der Waals surface area contributed by atoms with Crippen LogP contribution in [0.1, 0.15) is 71.9 Å². The monoisotopic (exact) mass is 1100 g/mol. The number of nitrogens with two attached hydrogens (primary N) is 2. The molecule has 5 fully saturated rings. The number of carboxylic acid groups (broad SMARTS) is 1. The summed E-state index contributed by atoms with van der Waals surface area (Å²) in [6, 6.07) is -1.75. The molecule has 11 N–H and O–H groups in total. The average molecular weight is 1110 g/mol. The van der Waals surface area contributed by atoms with E-state index in [2.05, 4.69) is 15.6 Å². The Morgan fingerprint density at radius 1 is 0.753 bits per heavy atom. The fourth-order valence-corrected chi connectivity index (χ4v) is 9.79. The number of aliphatic carboxylic acids is 1. The number of aliphatic hydroxyl groups is 5. The molecule has 4 amide bonds. The van der Waals surface area contributed by atoms with Crippen LogP contribution in [0.25, 0.3) is 0 Å². The Labute approximate surface area is 445 Å². The fourth-order valence-electron chi connectivity index (χ4n) is 9.79. The minimum atomic E-state index is -1.85. The van der Waals surface area contributed by atoms with E-state index in [0.717, 1.165) is 0 Å². The van der Waals surface area contributed by atoms with Crippen LogP contribution in [0, 0.1) is 11.8 Å². The number of rotatable bonds is 31. The molecule has 29 heteroatoms. The van der Waals surface area contributed by atoms with Gasteiger partial charge in [-0.2, -0.15) is 0 Å². The van der Waals surface area contributed by atoms with Gasteiger partial charge in [-0.1, -0.05) is 19.1 Å². The highest BCUT2D eigenvalue weighted by molar-refractivity contribution is 6.06. The molecule has 1 aromatic rings. The fraction of sp³-hybridized carbons (Fsp3) is 0.854. The third kappa shape index (κ3) is 16.6. The molecule has 0 aromatic carbocycles. The second-order valence-corrected chi connectivity index (χ2v) is 19.8.